The summed E-state index contributed by atoms with van der Waals surface area (Å²) in [6.07, 6.45) is 0. The van der Waals surface area contributed by atoms with Crippen molar-refractivity contribution in [1.82, 2.24) is 0 Å². The third-order valence-corrected chi connectivity index (χ3v) is 3.88. The van der Waals surface area contributed by atoms with E-state index in [1.54, 1.807) is 4.90 Å². The van der Waals surface area contributed by atoms with Crippen LogP contribution >= 0.6 is 0 Å². The molecule has 0 aromatic heterocycles. The molecule has 8 heteroatoms. The van der Waals surface area contributed by atoms with Gasteiger partial charge in [-0.2, -0.15) is 0 Å². The number of nitro benzene ring substituents is 1. The first-order valence-corrected chi connectivity index (χ1v) is 6.35. The van der Waals surface area contributed by atoms with Crippen molar-refractivity contribution < 1.29 is 23.6 Å². The Morgan fingerprint density at radius 1 is 1.48 bits per heavy atom. The molecule has 2 fully saturated rings. The van der Waals surface area contributed by atoms with Gasteiger partial charge in [-0.1, -0.05) is 0 Å². The fourth-order valence-electron chi connectivity index (χ4n) is 2.72. The molecule has 7 nitrogen and oxygen atoms in total. The maximum absolute atomic E-state index is 14.0. The Bertz CT molecular complexity index is 621. The number of esters is 1. The largest absolute Gasteiger partial charge is 0.465 e. The molecule has 0 amide bonds. The zero-order chi connectivity index (χ0) is 15.2. The summed E-state index contributed by atoms with van der Waals surface area (Å²) < 4.78 is 23.5. The van der Waals surface area contributed by atoms with Gasteiger partial charge in [0.05, 0.1) is 30.7 Å². The molecule has 2 heterocycles. The van der Waals surface area contributed by atoms with E-state index in [0.29, 0.717) is 26.3 Å². The highest BCUT2D eigenvalue weighted by Crippen LogP contribution is 2.43. The second-order valence-corrected chi connectivity index (χ2v) is 5.42. The van der Waals surface area contributed by atoms with Gasteiger partial charge in [0, 0.05) is 25.2 Å². The van der Waals surface area contributed by atoms with Gasteiger partial charge in [-0.05, 0) is 0 Å². The number of methoxy groups -OCH3 is 1. The predicted octanol–water partition coefficient (Wildman–Crippen LogP) is 1.36. The number of halogens is 1. The molecule has 0 unspecified atom stereocenters. The van der Waals surface area contributed by atoms with E-state index in [1.165, 1.54) is 0 Å². The normalized spacial score (nSPS) is 18.9. The SMILES string of the molecule is COC(=O)c1cc([N+](=O)[O-])c(N2CC3(COC3)C2)cc1F. The van der Waals surface area contributed by atoms with Crippen molar-refractivity contribution in [3.05, 3.63) is 33.6 Å². The van der Waals surface area contributed by atoms with E-state index in [2.05, 4.69) is 4.74 Å². The number of rotatable bonds is 3. The van der Waals surface area contributed by atoms with Crippen LogP contribution in [0.2, 0.25) is 0 Å². The molecule has 0 saturated carbocycles. The summed E-state index contributed by atoms with van der Waals surface area (Å²) in [5.74, 6) is -1.76. The van der Waals surface area contributed by atoms with Gasteiger partial charge in [-0.3, -0.25) is 10.1 Å². The summed E-state index contributed by atoms with van der Waals surface area (Å²) in [7, 11) is 1.09. The second-order valence-electron chi connectivity index (χ2n) is 5.42. The van der Waals surface area contributed by atoms with Crippen LogP contribution in [-0.4, -0.2) is 44.3 Å². The number of anilines is 1. The van der Waals surface area contributed by atoms with Crippen molar-refractivity contribution in [2.24, 2.45) is 5.41 Å². The maximum atomic E-state index is 14.0. The van der Waals surface area contributed by atoms with E-state index >= 15 is 0 Å². The van der Waals surface area contributed by atoms with Gasteiger partial charge in [-0.15, -0.1) is 0 Å². The Balaban J connectivity index is 1.94. The molecule has 112 valence electrons. The third-order valence-electron chi connectivity index (χ3n) is 3.88. The van der Waals surface area contributed by atoms with E-state index in [9.17, 15) is 19.3 Å². The standard InChI is InChI=1S/C13H13FN2O5/c1-20-12(17)8-2-11(16(18)19)10(3-9(8)14)15-4-13(5-15)6-21-7-13/h2-3H,4-7H2,1H3. The molecule has 1 aromatic rings. The Kier molecular flexibility index (Phi) is 3.05. The van der Waals surface area contributed by atoms with Gasteiger partial charge in [-0.25, -0.2) is 9.18 Å². The van der Waals surface area contributed by atoms with Gasteiger partial charge >= 0.3 is 5.97 Å². The van der Waals surface area contributed by atoms with E-state index in [1.807, 2.05) is 0 Å². The lowest BCUT2D eigenvalue weighted by Gasteiger charge is -2.55. The molecule has 3 rings (SSSR count). The third kappa shape index (κ3) is 2.11. The maximum Gasteiger partial charge on any atom is 0.341 e. The minimum absolute atomic E-state index is 0.0470. The summed E-state index contributed by atoms with van der Waals surface area (Å²) in [6.45, 7) is 2.43. The van der Waals surface area contributed by atoms with Crippen molar-refractivity contribution in [1.29, 1.82) is 0 Å². The summed E-state index contributed by atoms with van der Waals surface area (Å²) in [4.78, 5) is 23.7. The fraction of sp³-hybridized carbons (Fsp3) is 0.462. The summed E-state index contributed by atoms with van der Waals surface area (Å²) in [5.41, 5.74) is -0.504. The zero-order valence-electron chi connectivity index (χ0n) is 11.3. The van der Waals surface area contributed by atoms with Crippen LogP contribution in [0.3, 0.4) is 0 Å². The van der Waals surface area contributed by atoms with Crippen molar-refractivity contribution in [2.75, 3.05) is 38.3 Å². The Hall–Kier alpha value is -2.22. The molecule has 0 atom stereocenters. The van der Waals surface area contributed by atoms with Crippen LogP contribution in [0.5, 0.6) is 0 Å². The zero-order valence-corrected chi connectivity index (χ0v) is 11.3. The molecular formula is C13H13FN2O5. The van der Waals surface area contributed by atoms with Gasteiger partial charge < -0.3 is 14.4 Å². The van der Waals surface area contributed by atoms with Gasteiger partial charge in [0.15, 0.2) is 0 Å². The first-order chi connectivity index (χ1) is 9.96. The lowest BCUT2D eigenvalue weighted by atomic mass is 9.77. The molecule has 1 spiro atoms. The molecule has 0 aliphatic carbocycles. The van der Waals surface area contributed by atoms with Crippen molar-refractivity contribution in [2.45, 2.75) is 0 Å². The number of hydrogen-bond acceptors (Lipinski definition) is 6. The van der Waals surface area contributed by atoms with E-state index in [0.717, 1.165) is 19.2 Å². The van der Waals surface area contributed by atoms with Gasteiger partial charge in [0.25, 0.3) is 5.69 Å². The molecule has 21 heavy (non-hydrogen) atoms. The predicted molar refractivity (Wildman–Crippen MR) is 69.9 cm³/mol. The van der Waals surface area contributed by atoms with Crippen LogP contribution < -0.4 is 4.90 Å². The molecule has 0 radical (unpaired) electrons. The van der Waals surface area contributed by atoms with Crippen LogP contribution in [0.4, 0.5) is 15.8 Å². The van der Waals surface area contributed by atoms with E-state index in [4.69, 9.17) is 4.74 Å². The average Bonchev–Trinajstić information content (AvgIpc) is 2.34. The highest BCUT2D eigenvalue weighted by Gasteiger charge is 2.50. The number of carbonyl (C=O) groups excluding carboxylic acids is 1. The summed E-state index contributed by atoms with van der Waals surface area (Å²) in [5, 5.41) is 11.2. The second kappa shape index (κ2) is 4.66. The van der Waals surface area contributed by atoms with E-state index in [-0.39, 0.29) is 16.8 Å². The number of carbonyl (C=O) groups is 1. The minimum Gasteiger partial charge on any atom is -0.465 e. The molecule has 2 aliphatic rings. The molecule has 1 aromatic carbocycles. The number of ether oxygens (including phenoxy) is 2. The number of nitrogens with zero attached hydrogens (tertiary/aromatic N) is 2. The fourth-order valence-corrected chi connectivity index (χ4v) is 2.72. The Morgan fingerprint density at radius 3 is 2.62 bits per heavy atom. The summed E-state index contributed by atoms with van der Waals surface area (Å²) in [6, 6.07) is 1.95. The quantitative estimate of drug-likeness (QED) is 0.476. The monoisotopic (exact) mass is 296 g/mol. The van der Waals surface area contributed by atoms with Crippen molar-refractivity contribution in [3.63, 3.8) is 0 Å². The van der Waals surface area contributed by atoms with Crippen LogP contribution in [0.25, 0.3) is 0 Å². The van der Waals surface area contributed by atoms with Crippen LogP contribution in [0, 0.1) is 21.3 Å². The molecule has 2 saturated heterocycles. The first kappa shape index (κ1) is 13.7. The van der Waals surface area contributed by atoms with Crippen molar-refractivity contribution in [3.8, 4) is 0 Å². The molecule has 0 bridgehead atoms. The first-order valence-electron chi connectivity index (χ1n) is 6.35. The van der Waals surface area contributed by atoms with Crippen LogP contribution in [-0.2, 0) is 9.47 Å². The topological polar surface area (TPSA) is 81.9 Å². The Labute approximate surface area is 119 Å². The lowest BCUT2D eigenvalue weighted by molar-refractivity contribution is -0.384. The summed E-state index contributed by atoms with van der Waals surface area (Å²) >= 11 is 0. The number of benzene rings is 1. The highest BCUT2D eigenvalue weighted by atomic mass is 19.1. The Morgan fingerprint density at radius 2 is 2.14 bits per heavy atom. The number of hydrogen-bond donors (Lipinski definition) is 0. The average molecular weight is 296 g/mol. The van der Waals surface area contributed by atoms with Crippen molar-refractivity contribution >= 4 is 17.3 Å². The van der Waals surface area contributed by atoms with E-state index < -0.39 is 22.3 Å². The molecule has 2 aliphatic heterocycles. The number of nitro groups is 1. The molecule has 0 N–H and O–H groups in total. The van der Waals surface area contributed by atoms with Crippen LogP contribution in [0.1, 0.15) is 10.4 Å². The lowest BCUT2D eigenvalue weighted by Crippen LogP contribution is -2.66. The van der Waals surface area contributed by atoms with Gasteiger partial charge in [0.1, 0.15) is 17.1 Å². The smallest absolute Gasteiger partial charge is 0.341 e. The highest BCUT2D eigenvalue weighted by molar-refractivity contribution is 5.91. The van der Waals surface area contributed by atoms with Crippen LogP contribution in [0.15, 0.2) is 12.1 Å². The minimum atomic E-state index is -0.936. The molecular weight excluding hydrogens is 283 g/mol. The van der Waals surface area contributed by atoms with Gasteiger partial charge in [0.2, 0.25) is 0 Å².